The smallest absolute Gasteiger partial charge is 0.263 e. The summed E-state index contributed by atoms with van der Waals surface area (Å²) in [7, 11) is 3.23. The zero-order valence-electron chi connectivity index (χ0n) is 28.5. The standard InChI is InChI=1S/C37H43N7O6/c1-42-31-14-7-6-12-26(31)23-29(36(42)47)37(48)43-19-16-27-24-44(41-40-27)18-9-21-50-33-28(13-8-15-32(33)49-2)34(45)39-30(35(46)38-17-20-43)22-25-10-4-3-5-11-25/h3-5,8,10-11,13,15,23-24,30H,6-7,9,12,14,16-22H2,1-2H3,(H,38,46)(H,39,45)/t30-/m0/s1. The van der Waals surface area contributed by atoms with Gasteiger partial charge in [0, 0.05) is 64.4 Å². The number of hydrogen-bond donors (Lipinski definition) is 2. The molecule has 262 valence electrons. The van der Waals surface area contributed by atoms with Crippen molar-refractivity contribution in [3.63, 3.8) is 0 Å². The molecule has 50 heavy (non-hydrogen) atoms. The van der Waals surface area contributed by atoms with Crippen LogP contribution in [0.4, 0.5) is 0 Å². The molecule has 0 radical (unpaired) electrons. The number of para-hydroxylation sites is 1. The molecule has 3 heterocycles. The van der Waals surface area contributed by atoms with Crippen molar-refractivity contribution in [2.45, 2.75) is 57.5 Å². The highest BCUT2D eigenvalue weighted by Crippen LogP contribution is 2.31. The van der Waals surface area contributed by atoms with E-state index < -0.39 is 23.8 Å². The Bertz CT molecular complexity index is 1900. The molecule has 0 fully saturated rings. The Morgan fingerprint density at radius 1 is 0.980 bits per heavy atom. The van der Waals surface area contributed by atoms with Crippen LogP contribution in [-0.2, 0) is 44.1 Å². The number of methoxy groups -OCH3 is 1. The van der Waals surface area contributed by atoms with Gasteiger partial charge in [-0.2, -0.15) is 0 Å². The maximum absolute atomic E-state index is 14.1. The van der Waals surface area contributed by atoms with Crippen LogP contribution in [0.5, 0.6) is 11.5 Å². The van der Waals surface area contributed by atoms with Crippen molar-refractivity contribution < 1.29 is 23.9 Å². The Balaban J connectivity index is 1.29. The summed E-state index contributed by atoms with van der Waals surface area (Å²) in [5.74, 6) is -0.622. The molecule has 6 rings (SSSR count). The van der Waals surface area contributed by atoms with Gasteiger partial charge in [-0.25, -0.2) is 0 Å². The third-order valence-corrected chi connectivity index (χ3v) is 9.29. The number of hydrogen-bond acceptors (Lipinski definition) is 8. The van der Waals surface area contributed by atoms with E-state index >= 15 is 0 Å². The number of fused-ring (bicyclic) bond motifs is 4. The molecule has 0 spiro atoms. The molecule has 0 unspecified atom stereocenters. The van der Waals surface area contributed by atoms with E-state index in [1.165, 1.54) is 7.11 Å². The Morgan fingerprint density at radius 3 is 2.62 bits per heavy atom. The summed E-state index contributed by atoms with van der Waals surface area (Å²) in [5.41, 5.74) is 3.58. The lowest BCUT2D eigenvalue weighted by molar-refractivity contribution is -0.123. The highest BCUT2D eigenvalue weighted by atomic mass is 16.5. The van der Waals surface area contributed by atoms with Crippen LogP contribution in [0.15, 0.2) is 65.6 Å². The zero-order chi connectivity index (χ0) is 35.0. The van der Waals surface area contributed by atoms with Crippen molar-refractivity contribution in [1.29, 1.82) is 0 Å². The number of rotatable bonds is 4. The van der Waals surface area contributed by atoms with Crippen LogP contribution >= 0.6 is 0 Å². The Labute approximate surface area is 290 Å². The second-order valence-electron chi connectivity index (χ2n) is 12.7. The molecule has 2 aromatic heterocycles. The topological polar surface area (TPSA) is 150 Å². The van der Waals surface area contributed by atoms with Gasteiger partial charge in [0.1, 0.15) is 11.6 Å². The largest absolute Gasteiger partial charge is 0.493 e. The fourth-order valence-electron chi connectivity index (χ4n) is 6.58. The van der Waals surface area contributed by atoms with E-state index in [0.29, 0.717) is 30.8 Å². The van der Waals surface area contributed by atoms with Crippen LogP contribution in [0.2, 0.25) is 0 Å². The van der Waals surface area contributed by atoms with E-state index in [1.807, 2.05) is 36.5 Å². The molecule has 2 aromatic carbocycles. The summed E-state index contributed by atoms with van der Waals surface area (Å²) < 4.78 is 14.9. The van der Waals surface area contributed by atoms with Gasteiger partial charge >= 0.3 is 0 Å². The Hall–Kier alpha value is -5.46. The maximum atomic E-state index is 14.1. The predicted octanol–water partition coefficient (Wildman–Crippen LogP) is 2.49. The van der Waals surface area contributed by atoms with Crippen molar-refractivity contribution >= 4 is 17.7 Å². The molecule has 0 saturated heterocycles. The molecular formula is C37H43N7O6. The van der Waals surface area contributed by atoms with Crippen molar-refractivity contribution in [2.24, 2.45) is 7.05 Å². The van der Waals surface area contributed by atoms with Crippen LogP contribution in [0, 0.1) is 0 Å². The monoisotopic (exact) mass is 681 g/mol. The third kappa shape index (κ3) is 7.88. The van der Waals surface area contributed by atoms with Crippen molar-refractivity contribution in [2.75, 3.05) is 33.4 Å². The average molecular weight is 682 g/mol. The zero-order valence-corrected chi connectivity index (χ0v) is 28.5. The van der Waals surface area contributed by atoms with E-state index in [9.17, 15) is 19.2 Å². The maximum Gasteiger partial charge on any atom is 0.263 e. The van der Waals surface area contributed by atoms with Gasteiger partial charge in [0.15, 0.2) is 11.5 Å². The van der Waals surface area contributed by atoms with E-state index in [0.717, 1.165) is 42.5 Å². The number of amides is 3. The second kappa shape index (κ2) is 15.8. The first kappa shape index (κ1) is 34.4. The number of carbonyl (C=O) groups excluding carboxylic acids is 3. The van der Waals surface area contributed by atoms with Gasteiger partial charge in [-0.3, -0.25) is 23.9 Å². The lowest BCUT2D eigenvalue weighted by atomic mass is 9.94. The van der Waals surface area contributed by atoms with Crippen LogP contribution in [0.1, 0.15) is 62.5 Å². The van der Waals surface area contributed by atoms with Gasteiger partial charge < -0.3 is 29.6 Å². The lowest BCUT2D eigenvalue weighted by Crippen LogP contribution is -2.50. The Kier molecular flexibility index (Phi) is 10.9. The van der Waals surface area contributed by atoms with Gasteiger partial charge in [-0.1, -0.05) is 41.6 Å². The van der Waals surface area contributed by atoms with Gasteiger partial charge in [0.25, 0.3) is 17.4 Å². The van der Waals surface area contributed by atoms with Crippen LogP contribution in [0.25, 0.3) is 0 Å². The molecule has 4 aromatic rings. The van der Waals surface area contributed by atoms with Gasteiger partial charge in [0.05, 0.1) is 25.0 Å². The van der Waals surface area contributed by atoms with Crippen molar-refractivity contribution in [1.82, 2.24) is 35.1 Å². The summed E-state index contributed by atoms with van der Waals surface area (Å²) in [4.78, 5) is 56.6. The summed E-state index contributed by atoms with van der Waals surface area (Å²) in [6, 6.07) is 15.3. The van der Waals surface area contributed by atoms with E-state index in [1.54, 1.807) is 45.5 Å². The van der Waals surface area contributed by atoms with Crippen molar-refractivity contribution in [3.8, 4) is 11.5 Å². The SMILES string of the molecule is COc1cccc2c1OCCCn1cc(nn1)CCN(C(=O)c1cc3c(n(C)c1=O)CCCC3)CCNC(=O)[C@H](Cc1ccccc1)NC2=O. The molecule has 2 bridgehead atoms. The molecular weight excluding hydrogens is 638 g/mol. The van der Waals surface area contributed by atoms with Gasteiger partial charge in [-0.15, -0.1) is 5.10 Å². The minimum absolute atomic E-state index is 0.0944. The average Bonchev–Trinajstić information content (AvgIpc) is 3.59. The fourth-order valence-corrected chi connectivity index (χ4v) is 6.58. The van der Waals surface area contributed by atoms with Crippen LogP contribution in [-0.4, -0.2) is 81.6 Å². The number of nitrogens with zero attached hydrogens (tertiary/aromatic N) is 5. The fraction of sp³-hybridized carbons (Fsp3) is 0.405. The minimum atomic E-state index is -0.933. The number of nitrogens with one attached hydrogen (secondary N) is 2. The Morgan fingerprint density at radius 2 is 1.80 bits per heavy atom. The van der Waals surface area contributed by atoms with E-state index in [4.69, 9.17) is 9.47 Å². The molecule has 0 saturated carbocycles. The van der Waals surface area contributed by atoms with Crippen LogP contribution in [0.3, 0.4) is 0 Å². The summed E-state index contributed by atoms with van der Waals surface area (Å²) in [6.45, 7) is 1.27. The third-order valence-electron chi connectivity index (χ3n) is 9.29. The number of benzene rings is 2. The number of carbonyl (C=O) groups is 3. The molecule has 13 nitrogen and oxygen atoms in total. The second-order valence-corrected chi connectivity index (χ2v) is 12.7. The highest BCUT2D eigenvalue weighted by Gasteiger charge is 2.27. The number of aryl methyl sites for hydroxylation is 2. The molecule has 13 heteroatoms. The molecule has 1 aliphatic carbocycles. The lowest BCUT2D eigenvalue weighted by Gasteiger charge is -2.25. The summed E-state index contributed by atoms with van der Waals surface area (Å²) in [5, 5.41) is 14.4. The number of aromatic nitrogens is 4. The molecule has 1 aliphatic heterocycles. The highest BCUT2D eigenvalue weighted by molar-refractivity contribution is 6.00. The van der Waals surface area contributed by atoms with Crippen LogP contribution < -0.4 is 25.7 Å². The quantitative estimate of drug-likeness (QED) is 0.334. The summed E-state index contributed by atoms with van der Waals surface area (Å²) >= 11 is 0. The first-order chi connectivity index (χ1) is 24.3. The number of pyridine rings is 1. The molecule has 3 amide bonds. The minimum Gasteiger partial charge on any atom is -0.493 e. The van der Waals surface area contributed by atoms with E-state index in [2.05, 4.69) is 20.9 Å². The van der Waals surface area contributed by atoms with Gasteiger partial charge in [0.2, 0.25) is 5.91 Å². The summed E-state index contributed by atoms with van der Waals surface area (Å²) in [6.07, 6.45) is 6.68. The molecule has 2 aliphatic rings. The molecule has 2 N–H and O–H groups in total. The normalized spacial score (nSPS) is 17.5. The predicted molar refractivity (Wildman–Crippen MR) is 185 cm³/mol. The van der Waals surface area contributed by atoms with Gasteiger partial charge in [-0.05, 0) is 55.0 Å². The first-order valence-electron chi connectivity index (χ1n) is 17.1. The van der Waals surface area contributed by atoms with E-state index in [-0.39, 0.29) is 55.1 Å². The van der Waals surface area contributed by atoms with Crippen molar-refractivity contribution in [3.05, 3.63) is 105 Å². The molecule has 1 atom stereocenters. The first-order valence-corrected chi connectivity index (χ1v) is 17.1. The number of ether oxygens (including phenoxy) is 2.